The molecule has 106 valence electrons. The van der Waals surface area contributed by atoms with Gasteiger partial charge in [-0.3, -0.25) is 4.79 Å². The molecule has 0 spiro atoms. The Morgan fingerprint density at radius 1 is 1.25 bits per heavy atom. The topological polar surface area (TPSA) is 52.9 Å². The molecule has 0 saturated heterocycles. The summed E-state index contributed by atoms with van der Waals surface area (Å²) < 4.78 is 12.8. The molecule has 1 N–H and O–H groups in total. The van der Waals surface area contributed by atoms with Crippen LogP contribution in [0.25, 0.3) is 0 Å². The molecule has 0 radical (unpaired) electrons. The van der Waals surface area contributed by atoms with Crippen LogP contribution in [-0.2, 0) is 11.2 Å². The van der Waals surface area contributed by atoms with Gasteiger partial charge in [-0.15, -0.1) is 0 Å². The van der Waals surface area contributed by atoms with Gasteiger partial charge in [0.25, 0.3) is 0 Å². The van der Waals surface area contributed by atoms with Crippen LogP contribution in [0.3, 0.4) is 0 Å². The van der Waals surface area contributed by atoms with Crippen molar-refractivity contribution in [3.05, 3.63) is 35.6 Å². The van der Waals surface area contributed by atoms with Gasteiger partial charge >= 0.3 is 0 Å². The Kier molecular flexibility index (Phi) is 4.73. The second-order valence-electron chi connectivity index (χ2n) is 5.39. The van der Waals surface area contributed by atoms with Gasteiger partial charge in [0.1, 0.15) is 11.2 Å². The largest absolute Gasteiger partial charge is 0.354 e. The van der Waals surface area contributed by atoms with Crippen LogP contribution in [0.5, 0.6) is 0 Å². The molecule has 0 heterocycles. The van der Waals surface area contributed by atoms with Crippen molar-refractivity contribution >= 4 is 5.91 Å². The quantitative estimate of drug-likeness (QED) is 0.917. The fraction of sp³-hybridized carbons (Fsp3) is 0.500. The van der Waals surface area contributed by atoms with Crippen molar-refractivity contribution in [1.82, 2.24) is 5.32 Å². The molecular weight excluding hydrogens is 255 g/mol. The highest BCUT2D eigenvalue weighted by Gasteiger charge is 2.39. The molecule has 1 saturated carbocycles. The van der Waals surface area contributed by atoms with Crippen LogP contribution in [-0.4, -0.2) is 12.5 Å². The van der Waals surface area contributed by atoms with Crippen molar-refractivity contribution in [2.75, 3.05) is 6.54 Å². The molecule has 3 nitrogen and oxygen atoms in total. The predicted molar refractivity (Wildman–Crippen MR) is 74.2 cm³/mol. The third kappa shape index (κ3) is 3.36. The van der Waals surface area contributed by atoms with E-state index in [2.05, 4.69) is 11.4 Å². The third-order valence-corrected chi connectivity index (χ3v) is 3.97. The van der Waals surface area contributed by atoms with E-state index in [9.17, 15) is 14.4 Å². The monoisotopic (exact) mass is 274 g/mol. The average Bonchev–Trinajstić information content (AvgIpc) is 2.50. The number of benzene rings is 1. The summed E-state index contributed by atoms with van der Waals surface area (Å²) in [6.07, 6.45) is 4.95. The molecule has 1 amide bonds. The Labute approximate surface area is 118 Å². The van der Waals surface area contributed by atoms with Gasteiger partial charge in [0, 0.05) is 6.54 Å². The second kappa shape index (κ2) is 6.51. The highest BCUT2D eigenvalue weighted by atomic mass is 19.1. The molecular formula is C16H19FN2O. The van der Waals surface area contributed by atoms with Gasteiger partial charge in [0.2, 0.25) is 5.91 Å². The number of hydrogen-bond acceptors (Lipinski definition) is 2. The molecule has 1 aliphatic rings. The van der Waals surface area contributed by atoms with Crippen LogP contribution in [0, 0.1) is 22.6 Å². The van der Waals surface area contributed by atoms with Crippen molar-refractivity contribution in [3.63, 3.8) is 0 Å². The Morgan fingerprint density at radius 3 is 2.50 bits per heavy atom. The molecule has 2 rings (SSSR count). The second-order valence-corrected chi connectivity index (χ2v) is 5.39. The zero-order valence-corrected chi connectivity index (χ0v) is 11.5. The average molecular weight is 274 g/mol. The first-order chi connectivity index (χ1) is 9.66. The van der Waals surface area contributed by atoms with Gasteiger partial charge in [-0.2, -0.15) is 5.26 Å². The SMILES string of the molecule is N#CC1(C(=O)NCCc2ccc(F)cc2)CCCCC1. The zero-order valence-electron chi connectivity index (χ0n) is 11.5. The summed E-state index contributed by atoms with van der Waals surface area (Å²) in [5.74, 6) is -0.412. The Balaban J connectivity index is 1.85. The normalized spacial score (nSPS) is 17.2. The smallest absolute Gasteiger partial charge is 0.240 e. The van der Waals surface area contributed by atoms with E-state index in [1.165, 1.54) is 12.1 Å². The van der Waals surface area contributed by atoms with Crippen LogP contribution in [0.4, 0.5) is 4.39 Å². The van der Waals surface area contributed by atoms with Gasteiger partial charge in [-0.05, 0) is 37.0 Å². The summed E-state index contributed by atoms with van der Waals surface area (Å²) in [6, 6.07) is 8.46. The number of carbonyl (C=O) groups excluding carboxylic acids is 1. The lowest BCUT2D eigenvalue weighted by atomic mass is 9.74. The molecule has 20 heavy (non-hydrogen) atoms. The number of carbonyl (C=O) groups is 1. The lowest BCUT2D eigenvalue weighted by Crippen LogP contribution is -2.42. The summed E-state index contributed by atoms with van der Waals surface area (Å²) >= 11 is 0. The maximum atomic E-state index is 12.8. The maximum Gasteiger partial charge on any atom is 0.240 e. The number of amides is 1. The van der Waals surface area contributed by atoms with Crippen LogP contribution >= 0.6 is 0 Å². The molecule has 0 atom stereocenters. The van der Waals surface area contributed by atoms with Crippen LogP contribution < -0.4 is 5.32 Å². The Hall–Kier alpha value is -1.89. The lowest BCUT2D eigenvalue weighted by Gasteiger charge is -2.29. The number of nitrogens with zero attached hydrogens (tertiary/aromatic N) is 1. The van der Waals surface area contributed by atoms with E-state index in [1.807, 2.05) is 0 Å². The van der Waals surface area contributed by atoms with Crippen LogP contribution in [0.1, 0.15) is 37.7 Å². The molecule has 1 aromatic rings. The zero-order chi connectivity index (χ0) is 14.4. The summed E-state index contributed by atoms with van der Waals surface area (Å²) in [5, 5.41) is 12.2. The highest BCUT2D eigenvalue weighted by molar-refractivity contribution is 5.85. The molecule has 0 unspecified atom stereocenters. The van der Waals surface area contributed by atoms with Crippen molar-refractivity contribution < 1.29 is 9.18 Å². The van der Waals surface area contributed by atoms with E-state index in [1.54, 1.807) is 12.1 Å². The Bertz CT molecular complexity index is 498. The van der Waals surface area contributed by atoms with Crippen molar-refractivity contribution in [2.45, 2.75) is 38.5 Å². The van der Waals surface area contributed by atoms with Crippen molar-refractivity contribution in [3.8, 4) is 6.07 Å². The van der Waals surface area contributed by atoms with Gasteiger partial charge < -0.3 is 5.32 Å². The minimum atomic E-state index is -0.832. The standard InChI is InChI=1S/C16H19FN2O/c17-14-6-4-13(5-7-14)8-11-19-15(20)16(12-18)9-2-1-3-10-16/h4-7H,1-3,8-11H2,(H,19,20). The Morgan fingerprint density at radius 2 is 1.90 bits per heavy atom. The molecule has 0 aliphatic heterocycles. The molecule has 0 aromatic heterocycles. The van der Waals surface area contributed by atoms with Gasteiger partial charge in [0.05, 0.1) is 6.07 Å². The fourth-order valence-electron chi connectivity index (χ4n) is 2.69. The highest BCUT2D eigenvalue weighted by Crippen LogP contribution is 2.35. The van der Waals surface area contributed by atoms with E-state index < -0.39 is 5.41 Å². The minimum absolute atomic E-state index is 0.151. The third-order valence-electron chi connectivity index (χ3n) is 3.97. The summed E-state index contributed by atoms with van der Waals surface area (Å²) in [6.45, 7) is 0.480. The minimum Gasteiger partial charge on any atom is -0.354 e. The van der Waals surface area contributed by atoms with Crippen LogP contribution in [0.15, 0.2) is 24.3 Å². The maximum absolute atomic E-state index is 12.8. The van der Waals surface area contributed by atoms with E-state index in [0.29, 0.717) is 25.8 Å². The fourth-order valence-corrected chi connectivity index (χ4v) is 2.69. The predicted octanol–water partition coefficient (Wildman–Crippen LogP) is 2.96. The number of halogens is 1. The van der Waals surface area contributed by atoms with E-state index in [0.717, 1.165) is 24.8 Å². The van der Waals surface area contributed by atoms with Gasteiger partial charge in [-0.1, -0.05) is 31.4 Å². The molecule has 0 bridgehead atoms. The number of nitrogens with one attached hydrogen (secondary N) is 1. The number of hydrogen-bond donors (Lipinski definition) is 1. The van der Waals surface area contributed by atoms with Gasteiger partial charge in [-0.25, -0.2) is 4.39 Å². The first-order valence-corrected chi connectivity index (χ1v) is 7.10. The van der Waals surface area contributed by atoms with Crippen molar-refractivity contribution in [2.24, 2.45) is 5.41 Å². The molecule has 4 heteroatoms. The van der Waals surface area contributed by atoms with Gasteiger partial charge in [0.15, 0.2) is 0 Å². The number of nitriles is 1. The molecule has 1 fully saturated rings. The van der Waals surface area contributed by atoms with E-state index in [-0.39, 0.29) is 11.7 Å². The summed E-state index contributed by atoms with van der Waals surface area (Å²) in [7, 11) is 0. The molecule has 1 aliphatic carbocycles. The first kappa shape index (κ1) is 14.5. The molecule has 1 aromatic carbocycles. The van der Waals surface area contributed by atoms with Crippen molar-refractivity contribution in [1.29, 1.82) is 5.26 Å². The first-order valence-electron chi connectivity index (χ1n) is 7.10. The lowest BCUT2D eigenvalue weighted by molar-refractivity contribution is -0.129. The summed E-state index contributed by atoms with van der Waals surface area (Å²) in [5.41, 5.74) is 0.141. The number of rotatable bonds is 4. The van der Waals surface area contributed by atoms with Crippen LogP contribution in [0.2, 0.25) is 0 Å². The van der Waals surface area contributed by atoms with E-state index in [4.69, 9.17) is 0 Å². The summed E-state index contributed by atoms with van der Waals surface area (Å²) in [4.78, 5) is 12.2. The van der Waals surface area contributed by atoms with E-state index >= 15 is 0 Å².